The molecule has 0 unspecified atom stereocenters. The Morgan fingerprint density at radius 1 is 1.13 bits per heavy atom. The van der Waals surface area contributed by atoms with Crippen molar-refractivity contribution >= 4 is 32.6 Å². The highest BCUT2D eigenvalue weighted by molar-refractivity contribution is 7.22. The van der Waals surface area contributed by atoms with Crippen molar-refractivity contribution in [1.82, 2.24) is 4.98 Å². The molecule has 0 saturated heterocycles. The molecule has 7 heteroatoms. The van der Waals surface area contributed by atoms with E-state index in [1.165, 1.54) is 11.3 Å². The molecular formula is C24H24N2O4S. The van der Waals surface area contributed by atoms with Gasteiger partial charge < -0.3 is 13.9 Å². The fourth-order valence-corrected chi connectivity index (χ4v) is 4.14. The first kappa shape index (κ1) is 20.9. The standard InChI is InChI=1S/C24H24N2O4S/c1-3-4-14-29-18-12-10-17(11-13-18)23(27)26(16-19-7-6-15-30-19)24-25-22-20(28-2)8-5-9-21(22)31-24/h5-13,15H,3-4,14,16H2,1-2H3. The summed E-state index contributed by atoms with van der Waals surface area (Å²) in [6.07, 6.45) is 3.67. The smallest absolute Gasteiger partial charge is 0.260 e. The van der Waals surface area contributed by atoms with Crippen LogP contribution in [0.4, 0.5) is 5.13 Å². The number of carbonyl (C=O) groups is 1. The molecule has 4 aromatic rings. The number of aromatic nitrogens is 1. The fourth-order valence-electron chi connectivity index (χ4n) is 3.16. The van der Waals surface area contributed by atoms with Crippen LogP contribution in [-0.4, -0.2) is 24.6 Å². The van der Waals surface area contributed by atoms with Crippen LogP contribution in [0.3, 0.4) is 0 Å². The predicted molar refractivity (Wildman–Crippen MR) is 122 cm³/mol. The molecule has 0 atom stereocenters. The van der Waals surface area contributed by atoms with Gasteiger partial charge in [-0.25, -0.2) is 4.98 Å². The first-order valence-electron chi connectivity index (χ1n) is 10.2. The molecule has 0 aliphatic rings. The maximum atomic E-state index is 13.5. The van der Waals surface area contributed by atoms with Crippen LogP contribution in [0.2, 0.25) is 0 Å². The molecule has 2 aromatic carbocycles. The van der Waals surface area contributed by atoms with Crippen molar-refractivity contribution in [2.75, 3.05) is 18.6 Å². The summed E-state index contributed by atoms with van der Waals surface area (Å²) in [7, 11) is 1.61. The molecule has 0 aliphatic carbocycles. The zero-order valence-electron chi connectivity index (χ0n) is 17.5. The molecule has 0 fully saturated rings. The Morgan fingerprint density at radius 2 is 1.97 bits per heavy atom. The van der Waals surface area contributed by atoms with E-state index in [2.05, 4.69) is 6.92 Å². The monoisotopic (exact) mass is 436 g/mol. The molecule has 1 amide bonds. The summed E-state index contributed by atoms with van der Waals surface area (Å²) < 4.78 is 17.6. The molecule has 31 heavy (non-hydrogen) atoms. The van der Waals surface area contributed by atoms with E-state index in [9.17, 15) is 4.79 Å². The largest absolute Gasteiger partial charge is 0.494 e. The number of thiazole rings is 1. The maximum absolute atomic E-state index is 13.5. The molecular weight excluding hydrogens is 412 g/mol. The third kappa shape index (κ3) is 4.72. The number of hydrogen-bond donors (Lipinski definition) is 0. The van der Waals surface area contributed by atoms with E-state index in [-0.39, 0.29) is 12.5 Å². The van der Waals surface area contributed by atoms with E-state index >= 15 is 0 Å². The average molecular weight is 437 g/mol. The number of ether oxygens (including phenoxy) is 2. The summed E-state index contributed by atoms with van der Waals surface area (Å²) in [4.78, 5) is 19.8. The van der Waals surface area contributed by atoms with Gasteiger partial charge in [-0.15, -0.1) is 0 Å². The van der Waals surface area contributed by atoms with Gasteiger partial charge >= 0.3 is 0 Å². The van der Waals surface area contributed by atoms with Crippen molar-refractivity contribution in [2.24, 2.45) is 0 Å². The number of anilines is 1. The summed E-state index contributed by atoms with van der Waals surface area (Å²) in [5.74, 6) is 1.96. The molecule has 0 saturated carbocycles. The highest BCUT2D eigenvalue weighted by Crippen LogP contribution is 2.35. The molecule has 2 heterocycles. The second-order valence-electron chi connectivity index (χ2n) is 7.00. The Kier molecular flexibility index (Phi) is 6.52. The third-order valence-corrected chi connectivity index (χ3v) is 5.87. The van der Waals surface area contributed by atoms with E-state index < -0.39 is 0 Å². The lowest BCUT2D eigenvalue weighted by Crippen LogP contribution is -2.30. The number of para-hydroxylation sites is 1. The Bertz CT molecular complexity index is 1140. The fraction of sp³-hybridized carbons (Fsp3) is 0.250. The molecule has 0 N–H and O–H groups in total. The van der Waals surface area contributed by atoms with Crippen molar-refractivity contribution < 1.29 is 18.7 Å². The number of benzene rings is 2. The number of furan rings is 1. The number of rotatable bonds is 9. The lowest BCUT2D eigenvalue weighted by Gasteiger charge is -2.19. The maximum Gasteiger partial charge on any atom is 0.260 e. The van der Waals surface area contributed by atoms with Crippen molar-refractivity contribution in [2.45, 2.75) is 26.3 Å². The minimum atomic E-state index is -0.158. The summed E-state index contributed by atoms with van der Waals surface area (Å²) in [6, 6.07) is 16.6. The zero-order valence-corrected chi connectivity index (χ0v) is 18.4. The average Bonchev–Trinajstić information content (AvgIpc) is 3.47. The van der Waals surface area contributed by atoms with E-state index in [0.717, 1.165) is 28.8 Å². The van der Waals surface area contributed by atoms with Gasteiger partial charge in [-0.1, -0.05) is 30.7 Å². The Labute approximate surface area is 185 Å². The Hall–Kier alpha value is -3.32. The van der Waals surface area contributed by atoms with Crippen LogP contribution in [0.5, 0.6) is 11.5 Å². The molecule has 2 aromatic heterocycles. The van der Waals surface area contributed by atoms with Crippen LogP contribution in [0.1, 0.15) is 35.9 Å². The quantitative estimate of drug-likeness (QED) is 0.305. The number of nitrogens with zero attached hydrogens (tertiary/aromatic N) is 2. The van der Waals surface area contributed by atoms with E-state index in [1.807, 2.05) is 42.5 Å². The van der Waals surface area contributed by atoms with Crippen LogP contribution >= 0.6 is 11.3 Å². The van der Waals surface area contributed by atoms with Crippen LogP contribution in [0.25, 0.3) is 10.2 Å². The summed E-state index contributed by atoms with van der Waals surface area (Å²) in [5, 5.41) is 0.587. The topological polar surface area (TPSA) is 64.8 Å². The van der Waals surface area contributed by atoms with Crippen LogP contribution in [0, 0.1) is 0 Å². The molecule has 0 bridgehead atoms. The SMILES string of the molecule is CCCCOc1ccc(C(=O)N(Cc2ccco2)c2nc3c(OC)cccc3s2)cc1. The second-order valence-corrected chi connectivity index (χ2v) is 8.01. The molecule has 4 rings (SSSR count). The number of carbonyl (C=O) groups excluding carboxylic acids is 1. The lowest BCUT2D eigenvalue weighted by molar-refractivity contribution is 0.0983. The normalized spacial score (nSPS) is 10.9. The number of amides is 1. The van der Waals surface area contributed by atoms with Gasteiger partial charge in [0.15, 0.2) is 5.13 Å². The number of fused-ring (bicyclic) bond motifs is 1. The minimum Gasteiger partial charge on any atom is -0.494 e. The highest BCUT2D eigenvalue weighted by Gasteiger charge is 2.23. The van der Waals surface area contributed by atoms with Crippen molar-refractivity contribution in [1.29, 1.82) is 0 Å². The predicted octanol–water partition coefficient (Wildman–Crippen LogP) is 5.92. The van der Waals surface area contributed by atoms with Gasteiger partial charge in [0.1, 0.15) is 22.8 Å². The van der Waals surface area contributed by atoms with E-state index in [0.29, 0.717) is 28.8 Å². The van der Waals surface area contributed by atoms with Gasteiger partial charge in [-0.2, -0.15) is 0 Å². The Morgan fingerprint density at radius 3 is 2.68 bits per heavy atom. The van der Waals surface area contributed by atoms with Gasteiger partial charge in [0.25, 0.3) is 5.91 Å². The first-order valence-corrected chi connectivity index (χ1v) is 11.0. The molecule has 0 radical (unpaired) electrons. The van der Waals surface area contributed by atoms with Crippen LogP contribution in [-0.2, 0) is 6.54 Å². The van der Waals surface area contributed by atoms with Gasteiger partial charge in [0.05, 0.1) is 31.2 Å². The zero-order chi connectivity index (χ0) is 21.6. The lowest BCUT2D eigenvalue weighted by atomic mass is 10.2. The van der Waals surface area contributed by atoms with Crippen LogP contribution in [0.15, 0.2) is 65.3 Å². The number of hydrogen-bond acceptors (Lipinski definition) is 6. The molecule has 0 aliphatic heterocycles. The number of methoxy groups -OCH3 is 1. The minimum absolute atomic E-state index is 0.158. The van der Waals surface area contributed by atoms with Gasteiger partial charge in [-0.3, -0.25) is 9.69 Å². The van der Waals surface area contributed by atoms with Gasteiger partial charge in [0.2, 0.25) is 0 Å². The number of unbranched alkanes of at least 4 members (excludes halogenated alkanes) is 1. The van der Waals surface area contributed by atoms with E-state index in [1.54, 1.807) is 30.4 Å². The second kappa shape index (κ2) is 9.66. The van der Waals surface area contributed by atoms with Crippen molar-refractivity contribution in [3.05, 3.63) is 72.2 Å². The van der Waals surface area contributed by atoms with Crippen LogP contribution < -0.4 is 14.4 Å². The van der Waals surface area contributed by atoms with Crippen molar-refractivity contribution in [3.63, 3.8) is 0 Å². The summed E-state index contributed by atoms with van der Waals surface area (Å²) in [5.41, 5.74) is 1.29. The van der Waals surface area contributed by atoms with Crippen molar-refractivity contribution in [3.8, 4) is 11.5 Å². The first-order chi connectivity index (χ1) is 15.2. The molecule has 160 valence electrons. The van der Waals surface area contributed by atoms with E-state index in [4.69, 9.17) is 18.9 Å². The van der Waals surface area contributed by atoms with Gasteiger partial charge in [-0.05, 0) is 55.0 Å². The summed E-state index contributed by atoms with van der Waals surface area (Å²) >= 11 is 1.44. The third-order valence-electron chi connectivity index (χ3n) is 4.83. The summed E-state index contributed by atoms with van der Waals surface area (Å²) in [6.45, 7) is 3.07. The Balaban J connectivity index is 1.64. The van der Waals surface area contributed by atoms with Gasteiger partial charge in [0, 0.05) is 5.56 Å². The highest BCUT2D eigenvalue weighted by atomic mass is 32.1. The molecule has 6 nitrogen and oxygen atoms in total. The molecule has 0 spiro atoms.